The summed E-state index contributed by atoms with van der Waals surface area (Å²) in [6, 6.07) is 15.3. The SMILES string of the molecule is CC(C)COc1ccccc1-c1cc(-c2ccc3[nH]nc(NCCNCC(=O)N(C)C)c3c2)nc(=O)[nH]1. The molecule has 194 valence electrons. The maximum absolute atomic E-state index is 12.5. The van der Waals surface area contributed by atoms with E-state index in [-0.39, 0.29) is 12.5 Å². The summed E-state index contributed by atoms with van der Waals surface area (Å²) in [5.74, 6) is 1.80. The standard InChI is InChI=1S/C27H33N7O3/c1-17(2)16-37-24-8-6-5-7-19(24)23-14-22(30-27(36)31-23)18-9-10-21-20(13-18)26(33-32-21)29-12-11-28-15-25(35)34(3)4/h5-10,13-14,17,28H,11-12,15-16H2,1-4H3,(H2,29,32,33)(H,30,31,36). The summed E-state index contributed by atoms with van der Waals surface area (Å²) in [7, 11) is 3.46. The van der Waals surface area contributed by atoms with Gasteiger partial charge in [0.1, 0.15) is 5.75 Å². The first-order valence-electron chi connectivity index (χ1n) is 12.3. The molecule has 0 fully saturated rings. The van der Waals surface area contributed by atoms with Gasteiger partial charge in [-0.15, -0.1) is 0 Å². The van der Waals surface area contributed by atoms with Gasteiger partial charge in [-0.2, -0.15) is 10.1 Å². The van der Waals surface area contributed by atoms with E-state index in [0.29, 0.717) is 48.6 Å². The largest absolute Gasteiger partial charge is 0.493 e. The van der Waals surface area contributed by atoms with Gasteiger partial charge in [-0.3, -0.25) is 9.89 Å². The Bertz CT molecular complexity index is 1430. The predicted octanol–water partition coefficient (Wildman–Crippen LogP) is 3.10. The predicted molar refractivity (Wildman–Crippen MR) is 146 cm³/mol. The number of H-pyrrole nitrogens is 2. The number of hydrogen-bond donors (Lipinski definition) is 4. The van der Waals surface area contributed by atoms with Crippen molar-refractivity contribution in [3.63, 3.8) is 0 Å². The highest BCUT2D eigenvalue weighted by atomic mass is 16.5. The molecule has 0 bridgehead atoms. The van der Waals surface area contributed by atoms with E-state index in [1.165, 1.54) is 0 Å². The number of benzene rings is 2. The molecule has 0 saturated carbocycles. The van der Waals surface area contributed by atoms with Crippen molar-refractivity contribution in [1.29, 1.82) is 0 Å². The first-order valence-corrected chi connectivity index (χ1v) is 12.3. The maximum Gasteiger partial charge on any atom is 0.345 e. The fraction of sp³-hybridized carbons (Fsp3) is 0.333. The van der Waals surface area contributed by atoms with Crippen molar-refractivity contribution in [2.45, 2.75) is 13.8 Å². The number of ether oxygens (including phenoxy) is 1. The monoisotopic (exact) mass is 503 g/mol. The third-order valence-corrected chi connectivity index (χ3v) is 5.72. The molecule has 10 nitrogen and oxygen atoms in total. The third kappa shape index (κ3) is 6.53. The van der Waals surface area contributed by atoms with Gasteiger partial charge in [-0.1, -0.05) is 32.0 Å². The van der Waals surface area contributed by atoms with Crippen LogP contribution in [-0.2, 0) is 4.79 Å². The molecular weight excluding hydrogens is 470 g/mol. The number of aromatic nitrogens is 4. The fourth-order valence-corrected chi connectivity index (χ4v) is 3.75. The molecule has 2 aromatic heterocycles. The van der Waals surface area contributed by atoms with Gasteiger partial charge in [0.2, 0.25) is 5.91 Å². The van der Waals surface area contributed by atoms with Crippen molar-refractivity contribution in [3.8, 4) is 28.3 Å². The summed E-state index contributed by atoms with van der Waals surface area (Å²) in [5.41, 5.74) is 3.21. The van der Waals surface area contributed by atoms with Gasteiger partial charge in [-0.05, 0) is 36.2 Å². The van der Waals surface area contributed by atoms with Crippen molar-refractivity contribution >= 4 is 22.6 Å². The Morgan fingerprint density at radius 2 is 1.92 bits per heavy atom. The van der Waals surface area contributed by atoms with Crippen LogP contribution in [0.15, 0.2) is 53.3 Å². The number of fused-ring (bicyclic) bond motifs is 1. The molecule has 4 rings (SSSR count). The molecule has 0 aliphatic rings. The Morgan fingerprint density at radius 3 is 2.70 bits per heavy atom. The Morgan fingerprint density at radius 1 is 1.11 bits per heavy atom. The van der Waals surface area contributed by atoms with Crippen LogP contribution in [0.25, 0.3) is 33.4 Å². The minimum Gasteiger partial charge on any atom is -0.493 e. The minimum absolute atomic E-state index is 0.0219. The van der Waals surface area contributed by atoms with Crippen LogP contribution in [0.4, 0.5) is 5.82 Å². The van der Waals surface area contributed by atoms with Gasteiger partial charge in [0.15, 0.2) is 5.82 Å². The van der Waals surface area contributed by atoms with Crippen LogP contribution in [0.3, 0.4) is 0 Å². The number of hydrogen-bond acceptors (Lipinski definition) is 7. The zero-order valence-corrected chi connectivity index (χ0v) is 21.6. The average Bonchev–Trinajstić information content (AvgIpc) is 3.29. The second-order valence-electron chi connectivity index (χ2n) is 9.41. The lowest BCUT2D eigenvalue weighted by atomic mass is 10.1. The van der Waals surface area contributed by atoms with Crippen LogP contribution in [0.1, 0.15) is 13.8 Å². The zero-order valence-electron chi connectivity index (χ0n) is 21.6. The van der Waals surface area contributed by atoms with Crippen LogP contribution in [0.5, 0.6) is 5.75 Å². The molecule has 0 aliphatic carbocycles. The van der Waals surface area contributed by atoms with E-state index >= 15 is 0 Å². The van der Waals surface area contributed by atoms with Crippen LogP contribution in [0.2, 0.25) is 0 Å². The van der Waals surface area contributed by atoms with E-state index in [4.69, 9.17) is 4.74 Å². The molecule has 37 heavy (non-hydrogen) atoms. The third-order valence-electron chi connectivity index (χ3n) is 5.72. The van der Waals surface area contributed by atoms with Gasteiger partial charge in [-0.25, -0.2) is 4.79 Å². The van der Waals surface area contributed by atoms with Crippen molar-refractivity contribution in [2.24, 2.45) is 5.92 Å². The summed E-state index contributed by atoms with van der Waals surface area (Å²) in [6.45, 7) is 6.23. The molecule has 2 heterocycles. The van der Waals surface area contributed by atoms with E-state index in [0.717, 1.165) is 22.0 Å². The molecule has 0 atom stereocenters. The van der Waals surface area contributed by atoms with E-state index < -0.39 is 5.69 Å². The van der Waals surface area contributed by atoms with Gasteiger partial charge in [0.05, 0.1) is 30.1 Å². The quantitative estimate of drug-likeness (QED) is 0.232. The molecule has 0 aliphatic heterocycles. The Labute approximate surface area is 215 Å². The number of para-hydroxylation sites is 1. The number of aromatic amines is 2. The van der Waals surface area contributed by atoms with Crippen molar-refractivity contribution < 1.29 is 9.53 Å². The van der Waals surface area contributed by atoms with E-state index in [2.05, 4.69) is 44.6 Å². The lowest BCUT2D eigenvalue weighted by molar-refractivity contribution is -0.127. The van der Waals surface area contributed by atoms with Gasteiger partial charge in [0.25, 0.3) is 0 Å². The first-order chi connectivity index (χ1) is 17.8. The Kier molecular flexibility index (Phi) is 8.19. The second kappa shape index (κ2) is 11.7. The summed E-state index contributed by atoms with van der Waals surface area (Å²) >= 11 is 0. The number of anilines is 1. The fourth-order valence-electron chi connectivity index (χ4n) is 3.75. The number of nitrogens with zero attached hydrogens (tertiary/aromatic N) is 3. The first kappa shape index (κ1) is 25.9. The Hall–Kier alpha value is -4.18. The highest BCUT2D eigenvalue weighted by molar-refractivity contribution is 5.93. The molecule has 4 N–H and O–H groups in total. The molecule has 4 aromatic rings. The van der Waals surface area contributed by atoms with Crippen LogP contribution < -0.4 is 21.1 Å². The topological polar surface area (TPSA) is 128 Å². The van der Waals surface area contributed by atoms with E-state index in [9.17, 15) is 9.59 Å². The summed E-state index contributed by atoms with van der Waals surface area (Å²) < 4.78 is 5.99. The number of rotatable bonds is 11. The van der Waals surface area contributed by atoms with E-state index in [1.54, 1.807) is 19.0 Å². The number of carbonyl (C=O) groups is 1. The number of carbonyl (C=O) groups excluding carboxylic acids is 1. The van der Waals surface area contributed by atoms with Crippen LogP contribution in [0, 0.1) is 5.92 Å². The molecule has 0 spiro atoms. The smallest absolute Gasteiger partial charge is 0.345 e. The van der Waals surface area contributed by atoms with Gasteiger partial charge < -0.3 is 25.3 Å². The molecule has 0 unspecified atom stereocenters. The summed E-state index contributed by atoms with van der Waals surface area (Å²) in [5, 5.41) is 14.7. The highest BCUT2D eigenvalue weighted by Gasteiger charge is 2.13. The Balaban J connectivity index is 1.55. The number of likely N-dealkylation sites (N-methyl/N-ethyl adjacent to an activating group) is 1. The van der Waals surface area contributed by atoms with Crippen molar-refractivity contribution in [3.05, 3.63) is 59.0 Å². The lowest BCUT2D eigenvalue weighted by Gasteiger charge is -2.13. The van der Waals surface area contributed by atoms with Crippen molar-refractivity contribution in [1.82, 2.24) is 30.4 Å². The molecule has 1 amide bonds. The zero-order chi connectivity index (χ0) is 26.4. The van der Waals surface area contributed by atoms with Gasteiger partial charge in [0, 0.05) is 43.7 Å². The summed E-state index contributed by atoms with van der Waals surface area (Å²) in [6.07, 6.45) is 0. The van der Waals surface area contributed by atoms with E-state index in [1.807, 2.05) is 48.5 Å². The molecule has 2 aromatic carbocycles. The van der Waals surface area contributed by atoms with Crippen LogP contribution in [-0.4, -0.2) is 71.3 Å². The summed E-state index contributed by atoms with van der Waals surface area (Å²) in [4.78, 5) is 32.8. The molecule has 10 heteroatoms. The number of nitrogens with one attached hydrogen (secondary N) is 4. The average molecular weight is 504 g/mol. The second-order valence-corrected chi connectivity index (χ2v) is 9.41. The maximum atomic E-state index is 12.5. The molecule has 0 radical (unpaired) electrons. The highest BCUT2D eigenvalue weighted by Crippen LogP contribution is 2.31. The van der Waals surface area contributed by atoms with Crippen molar-refractivity contribution in [2.75, 3.05) is 45.7 Å². The lowest BCUT2D eigenvalue weighted by Crippen LogP contribution is -2.35. The number of amides is 1. The molecule has 0 saturated heterocycles. The minimum atomic E-state index is -0.435. The van der Waals surface area contributed by atoms with Crippen LogP contribution >= 0.6 is 0 Å². The van der Waals surface area contributed by atoms with Gasteiger partial charge >= 0.3 is 5.69 Å². The normalized spacial score (nSPS) is 11.2. The molecular formula is C27H33N7O3.